The molecule has 1 N–H and O–H groups in total. The maximum Gasteiger partial charge on any atom is 0.307 e. The fourth-order valence-corrected chi connectivity index (χ4v) is 0.971. The third-order valence-electron chi connectivity index (χ3n) is 1.60. The Balaban J connectivity index is 0.000000500. The van der Waals surface area contributed by atoms with Crippen molar-refractivity contribution in [2.24, 2.45) is 0 Å². The first-order chi connectivity index (χ1) is 6.61. The van der Waals surface area contributed by atoms with Gasteiger partial charge in [-0.15, -0.1) is 23.2 Å². The molecule has 1 rings (SSSR count). The van der Waals surface area contributed by atoms with Gasteiger partial charge < -0.3 is 5.11 Å². The Morgan fingerprint density at radius 1 is 1.36 bits per heavy atom. The van der Waals surface area contributed by atoms with E-state index in [-0.39, 0.29) is 11.8 Å². The van der Waals surface area contributed by atoms with E-state index in [0.29, 0.717) is 0 Å². The molecule has 0 saturated carbocycles. The minimum Gasteiger partial charge on any atom is -0.481 e. The lowest BCUT2D eigenvalue weighted by Gasteiger charge is -1.99. The first-order valence-corrected chi connectivity index (χ1v) is 5.07. The highest BCUT2D eigenvalue weighted by Crippen LogP contribution is 2.06. The van der Waals surface area contributed by atoms with Crippen LogP contribution in [0.15, 0.2) is 24.3 Å². The van der Waals surface area contributed by atoms with Gasteiger partial charge in [-0.2, -0.15) is 0 Å². The van der Waals surface area contributed by atoms with E-state index in [0.717, 1.165) is 11.1 Å². The molecule has 1 aromatic rings. The number of hydrogen-bond acceptors (Lipinski definition) is 1. The molecule has 0 atom stereocenters. The van der Waals surface area contributed by atoms with Crippen LogP contribution in [-0.2, 0) is 11.2 Å². The van der Waals surface area contributed by atoms with E-state index >= 15 is 0 Å². The summed E-state index contributed by atoms with van der Waals surface area (Å²) in [5.41, 5.74) is 1.93. The van der Waals surface area contributed by atoms with E-state index in [1.54, 1.807) is 0 Å². The minimum absolute atomic E-state index is 0.118. The second-order valence-electron chi connectivity index (χ2n) is 2.60. The predicted octanol–water partition coefficient (Wildman–Crippen LogP) is 3.04. The number of carboxylic acid groups (broad SMARTS) is 1. The van der Waals surface area contributed by atoms with E-state index in [1.807, 2.05) is 31.2 Å². The van der Waals surface area contributed by atoms with Crippen molar-refractivity contribution in [2.45, 2.75) is 13.3 Å². The molecule has 0 saturated heterocycles. The van der Waals surface area contributed by atoms with Gasteiger partial charge in [0, 0.05) is 0 Å². The van der Waals surface area contributed by atoms with Crippen LogP contribution in [0.1, 0.15) is 11.1 Å². The molecular weight excluding hydrogens is 223 g/mol. The topological polar surface area (TPSA) is 37.3 Å². The molecule has 0 unspecified atom stereocenters. The highest BCUT2D eigenvalue weighted by atomic mass is 35.5. The fourth-order valence-electron chi connectivity index (χ4n) is 0.971. The molecule has 0 aliphatic carbocycles. The number of aryl methyl sites for hydroxylation is 1. The van der Waals surface area contributed by atoms with Crippen LogP contribution in [0.25, 0.3) is 0 Å². The zero-order valence-electron chi connectivity index (χ0n) is 7.84. The van der Waals surface area contributed by atoms with Crippen molar-refractivity contribution in [2.75, 3.05) is 5.34 Å². The third kappa shape index (κ3) is 5.84. The molecule has 14 heavy (non-hydrogen) atoms. The molecule has 78 valence electrons. The van der Waals surface area contributed by atoms with Crippen molar-refractivity contribution in [1.29, 1.82) is 0 Å². The number of alkyl halides is 2. The molecule has 0 amide bonds. The summed E-state index contributed by atoms with van der Waals surface area (Å²) >= 11 is 9.53. The Hall–Kier alpha value is -0.730. The van der Waals surface area contributed by atoms with Gasteiger partial charge in [0.05, 0.1) is 11.8 Å². The molecule has 0 aliphatic rings. The Bertz CT molecular complexity index is 287. The van der Waals surface area contributed by atoms with Gasteiger partial charge in [0.1, 0.15) is 0 Å². The summed E-state index contributed by atoms with van der Waals surface area (Å²) in [6, 6.07) is 7.51. The van der Waals surface area contributed by atoms with Gasteiger partial charge in [-0.1, -0.05) is 24.3 Å². The van der Waals surface area contributed by atoms with Crippen LogP contribution < -0.4 is 0 Å². The molecule has 0 radical (unpaired) electrons. The van der Waals surface area contributed by atoms with Crippen LogP contribution >= 0.6 is 23.2 Å². The second kappa shape index (κ2) is 7.65. The summed E-state index contributed by atoms with van der Waals surface area (Å²) in [6.45, 7) is 1.91. The summed E-state index contributed by atoms with van der Waals surface area (Å²) in [5, 5.41) is 8.69. The molecule has 4 heteroatoms. The number of carboxylic acids is 1. The average Bonchev–Trinajstić information content (AvgIpc) is 2.09. The molecule has 0 aliphatic heterocycles. The van der Waals surface area contributed by atoms with Crippen molar-refractivity contribution < 1.29 is 9.90 Å². The molecule has 2 nitrogen and oxygen atoms in total. The zero-order valence-corrected chi connectivity index (χ0v) is 9.35. The number of rotatable bonds is 2. The number of benzene rings is 1. The summed E-state index contributed by atoms with van der Waals surface area (Å²) in [5.74, 6) is -0.778. The van der Waals surface area contributed by atoms with Crippen molar-refractivity contribution in [3.8, 4) is 0 Å². The highest BCUT2D eigenvalue weighted by Gasteiger charge is 2.01. The predicted molar refractivity (Wildman–Crippen MR) is 59.1 cm³/mol. The smallest absolute Gasteiger partial charge is 0.307 e. The van der Waals surface area contributed by atoms with E-state index in [2.05, 4.69) is 0 Å². The number of aliphatic carboxylic acids is 1. The first kappa shape index (κ1) is 13.3. The quantitative estimate of drug-likeness (QED) is 0.800. The monoisotopic (exact) mass is 234 g/mol. The lowest BCUT2D eigenvalue weighted by Crippen LogP contribution is -2.01. The summed E-state index contributed by atoms with van der Waals surface area (Å²) in [7, 11) is 0. The van der Waals surface area contributed by atoms with Gasteiger partial charge in [0.15, 0.2) is 0 Å². The van der Waals surface area contributed by atoms with Gasteiger partial charge in [0.2, 0.25) is 0 Å². The van der Waals surface area contributed by atoms with E-state index < -0.39 is 5.97 Å². The van der Waals surface area contributed by atoms with Crippen molar-refractivity contribution in [3.63, 3.8) is 0 Å². The number of carbonyl (C=O) groups is 1. The molecule has 1 aromatic carbocycles. The fraction of sp³-hybridized carbons (Fsp3) is 0.300. The Morgan fingerprint density at radius 3 is 2.29 bits per heavy atom. The Labute approximate surface area is 93.5 Å². The standard InChI is InChI=1S/C9H10O2.CH2Cl2/c1-7-4-2-3-5-8(7)6-9(10)11;2-1-3/h2-5H,6H2,1H3,(H,10,11);1H2. The average molecular weight is 235 g/mol. The molecule has 0 aromatic heterocycles. The van der Waals surface area contributed by atoms with E-state index in [9.17, 15) is 4.79 Å². The molecule has 0 spiro atoms. The maximum atomic E-state index is 10.3. The highest BCUT2D eigenvalue weighted by molar-refractivity contribution is 6.40. The van der Waals surface area contributed by atoms with E-state index in [1.165, 1.54) is 0 Å². The van der Waals surface area contributed by atoms with Crippen LogP contribution in [0, 0.1) is 6.92 Å². The molecular formula is C10H12Cl2O2. The number of halogens is 2. The van der Waals surface area contributed by atoms with Crippen LogP contribution in [0.3, 0.4) is 0 Å². The second-order valence-corrected chi connectivity index (χ2v) is 3.41. The van der Waals surface area contributed by atoms with Gasteiger partial charge in [-0.05, 0) is 18.1 Å². The molecule has 0 heterocycles. The minimum atomic E-state index is -0.778. The van der Waals surface area contributed by atoms with Crippen LogP contribution in [-0.4, -0.2) is 16.4 Å². The summed E-state index contributed by atoms with van der Waals surface area (Å²) < 4.78 is 0. The summed E-state index contributed by atoms with van der Waals surface area (Å²) in [4.78, 5) is 10.3. The zero-order chi connectivity index (χ0) is 11.0. The van der Waals surface area contributed by atoms with Crippen LogP contribution in [0.5, 0.6) is 0 Å². The van der Waals surface area contributed by atoms with Crippen LogP contribution in [0.2, 0.25) is 0 Å². The Kier molecular flexibility index (Phi) is 7.25. The Morgan fingerprint density at radius 2 is 1.86 bits per heavy atom. The molecule has 0 fully saturated rings. The van der Waals surface area contributed by atoms with Gasteiger partial charge >= 0.3 is 5.97 Å². The first-order valence-electron chi connectivity index (χ1n) is 4.00. The molecule has 0 bridgehead atoms. The van der Waals surface area contributed by atoms with Crippen molar-refractivity contribution in [3.05, 3.63) is 35.4 Å². The van der Waals surface area contributed by atoms with Crippen molar-refractivity contribution in [1.82, 2.24) is 0 Å². The lowest BCUT2D eigenvalue weighted by molar-refractivity contribution is -0.136. The van der Waals surface area contributed by atoms with Gasteiger partial charge in [-0.3, -0.25) is 4.79 Å². The van der Waals surface area contributed by atoms with Gasteiger partial charge in [-0.25, -0.2) is 0 Å². The van der Waals surface area contributed by atoms with Gasteiger partial charge in [0.25, 0.3) is 0 Å². The maximum absolute atomic E-state index is 10.3. The lowest BCUT2D eigenvalue weighted by atomic mass is 10.1. The summed E-state index contributed by atoms with van der Waals surface area (Å²) in [6.07, 6.45) is 0.118. The third-order valence-corrected chi connectivity index (χ3v) is 1.60. The largest absolute Gasteiger partial charge is 0.481 e. The van der Waals surface area contributed by atoms with Crippen LogP contribution in [0.4, 0.5) is 0 Å². The normalized spacial score (nSPS) is 8.79. The number of hydrogen-bond donors (Lipinski definition) is 1. The van der Waals surface area contributed by atoms with E-state index in [4.69, 9.17) is 28.3 Å². The SMILES string of the molecule is Cc1ccccc1CC(=O)O.ClCCl. The van der Waals surface area contributed by atoms with Crippen molar-refractivity contribution >= 4 is 29.2 Å².